The largest absolute Gasteiger partial charge is 0.476 e. The van der Waals surface area contributed by atoms with E-state index in [2.05, 4.69) is 12.2 Å². The molecule has 0 saturated heterocycles. The first-order valence-corrected chi connectivity index (χ1v) is 11.5. The summed E-state index contributed by atoms with van der Waals surface area (Å²) in [6, 6.07) is 17.1. The first kappa shape index (κ1) is 26.2. The van der Waals surface area contributed by atoms with Crippen molar-refractivity contribution in [2.24, 2.45) is 0 Å². The summed E-state index contributed by atoms with van der Waals surface area (Å²) in [4.78, 5) is 24.7. The Morgan fingerprint density at radius 2 is 1.55 bits per heavy atom. The lowest BCUT2D eigenvalue weighted by Gasteiger charge is -2.29. The average molecular weight is 456 g/mol. The number of esters is 1. The van der Waals surface area contributed by atoms with E-state index >= 15 is 0 Å². The van der Waals surface area contributed by atoms with Gasteiger partial charge >= 0.3 is 12.1 Å². The van der Waals surface area contributed by atoms with Gasteiger partial charge in [-0.2, -0.15) is 0 Å². The van der Waals surface area contributed by atoms with Crippen LogP contribution in [0.2, 0.25) is 0 Å². The smallest absolute Gasteiger partial charge is 0.407 e. The molecule has 2 aromatic carbocycles. The molecule has 0 aromatic heterocycles. The fraction of sp³-hybridized carbons (Fsp3) is 0.481. The second-order valence-electron chi connectivity index (χ2n) is 9.65. The quantitative estimate of drug-likeness (QED) is 0.457. The van der Waals surface area contributed by atoms with Crippen LogP contribution in [0.1, 0.15) is 65.5 Å². The predicted molar refractivity (Wildman–Crippen MR) is 129 cm³/mol. The zero-order valence-electron chi connectivity index (χ0n) is 20.6. The lowest BCUT2D eigenvalue weighted by atomic mass is 10.0. The molecule has 1 N–H and O–H groups in total. The minimum Gasteiger partial charge on any atom is -0.476 e. The molecule has 33 heavy (non-hydrogen) atoms. The van der Waals surface area contributed by atoms with Gasteiger partial charge in [0.1, 0.15) is 18.0 Å². The zero-order valence-corrected chi connectivity index (χ0v) is 20.6. The first-order chi connectivity index (χ1) is 15.5. The van der Waals surface area contributed by atoms with Gasteiger partial charge in [-0.1, -0.05) is 55.8 Å². The van der Waals surface area contributed by atoms with Gasteiger partial charge in [0.15, 0.2) is 5.60 Å². The van der Waals surface area contributed by atoms with Crippen molar-refractivity contribution in [2.75, 3.05) is 0 Å². The Morgan fingerprint density at radius 1 is 0.909 bits per heavy atom. The SMILES string of the molecule is CCCC(Cc1ccc(OC(C)(C)C(=O)OC(C)(C)C)cc1)NC(=O)OCc1ccccc1. The maximum Gasteiger partial charge on any atom is 0.407 e. The van der Waals surface area contributed by atoms with Crippen LogP contribution >= 0.6 is 0 Å². The highest BCUT2D eigenvalue weighted by molar-refractivity contribution is 5.79. The molecular weight excluding hydrogens is 418 g/mol. The summed E-state index contributed by atoms with van der Waals surface area (Å²) in [7, 11) is 0. The van der Waals surface area contributed by atoms with Gasteiger partial charge in [-0.15, -0.1) is 0 Å². The van der Waals surface area contributed by atoms with Crippen LogP contribution in [0, 0.1) is 0 Å². The van der Waals surface area contributed by atoms with Crippen LogP contribution in [-0.2, 0) is 27.3 Å². The third kappa shape index (κ3) is 9.56. The number of carbonyl (C=O) groups excluding carboxylic acids is 2. The molecular formula is C27H37NO5. The molecule has 0 aliphatic rings. The van der Waals surface area contributed by atoms with Crippen molar-refractivity contribution < 1.29 is 23.8 Å². The monoisotopic (exact) mass is 455 g/mol. The number of alkyl carbamates (subject to hydrolysis) is 1. The maximum atomic E-state index is 12.4. The Bertz CT molecular complexity index is 885. The second kappa shape index (κ2) is 11.7. The van der Waals surface area contributed by atoms with Crippen molar-refractivity contribution >= 4 is 12.1 Å². The Labute approximate surface area is 197 Å². The molecule has 0 spiro atoms. The van der Waals surface area contributed by atoms with Crippen molar-refractivity contribution in [3.63, 3.8) is 0 Å². The number of hydrogen-bond acceptors (Lipinski definition) is 5. The minimum atomic E-state index is -1.11. The molecule has 0 fully saturated rings. The molecule has 1 atom stereocenters. The van der Waals surface area contributed by atoms with Crippen molar-refractivity contribution in [2.45, 2.75) is 84.7 Å². The Morgan fingerprint density at radius 3 is 2.12 bits per heavy atom. The number of amides is 1. The molecule has 1 unspecified atom stereocenters. The normalized spacial score (nSPS) is 12.5. The van der Waals surface area contributed by atoms with E-state index in [0.29, 0.717) is 12.2 Å². The van der Waals surface area contributed by atoms with E-state index in [1.165, 1.54) is 0 Å². The maximum absolute atomic E-state index is 12.4. The standard InChI is InChI=1S/C27H37NO5/c1-7-11-22(28-25(30)31-19-21-12-9-8-10-13-21)18-20-14-16-23(17-15-20)32-27(5,6)24(29)33-26(2,3)4/h8-10,12-17,22H,7,11,18-19H2,1-6H3,(H,28,30). The summed E-state index contributed by atoms with van der Waals surface area (Å²) in [6.07, 6.45) is 2.03. The highest BCUT2D eigenvalue weighted by Gasteiger charge is 2.34. The van der Waals surface area contributed by atoms with Gasteiger partial charge in [0, 0.05) is 6.04 Å². The molecule has 0 aliphatic carbocycles. The van der Waals surface area contributed by atoms with Crippen LogP contribution < -0.4 is 10.1 Å². The van der Waals surface area contributed by atoms with Crippen LogP contribution in [0.4, 0.5) is 4.79 Å². The molecule has 0 bridgehead atoms. The minimum absolute atomic E-state index is 0.0387. The fourth-order valence-electron chi connectivity index (χ4n) is 3.22. The zero-order chi connectivity index (χ0) is 24.5. The Hall–Kier alpha value is -3.02. The van der Waals surface area contributed by atoms with Gasteiger partial charge < -0.3 is 19.5 Å². The van der Waals surface area contributed by atoms with E-state index in [-0.39, 0.29) is 12.6 Å². The molecule has 6 heteroatoms. The van der Waals surface area contributed by atoms with Crippen LogP contribution in [0.3, 0.4) is 0 Å². The lowest BCUT2D eigenvalue weighted by molar-refractivity contribution is -0.170. The number of rotatable bonds is 10. The summed E-state index contributed by atoms with van der Waals surface area (Å²) < 4.78 is 16.7. The number of hydrogen-bond donors (Lipinski definition) is 1. The highest BCUT2D eigenvalue weighted by atomic mass is 16.6. The first-order valence-electron chi connectivity index (χ1n) is 11.5. The number of carbonyl (C=O) groups is 2. The number of benzene rings is 2. The summed E-state index contributed by atoms with van der Waals surface area (Å²) in [6.45, 7) is 11.2. The van der Waals surface area contributed by atoms with Gasteiger partial charge in [-0.3, -0.25) is 0 Å². The van der Waals surface area contributed by atoms with Crippen LogP contribution in [0.15, 0.2) is 54.6 Å². The number of ether oxygens (including phenoxy) is 3. The van der Waals surface area contributed by atoms with E-state index < -0.39 is 23.3 Å². The van der Waals surface area contributed by atoms with Crippen molar-refractivity contribution in [3.8, 4) is 5.75 Å². The molecule has 2 aromatic rings. The van der Waals surface area contributed by atoms with E-state index in [1.807, 2.05) is 75.4 Å². The second-order valence-corrected chi connectivity index (χ2v) is 9.65. The summed E-state index contributed by atoms with van der Waals surface area (Å²) in [5.41, 5.74) is 0.318. The molecule has 2 rings (SSSR count). The van der Waals surface area contributed by atoms with E-state index in [0.717, 1.165) is 24.0 Å². The van der Waals surface area contributed by atoms with Gasteiger partial charge in [0.2, 0.25) is 0 Å². The van der Waals surface area contributed by atoms with Crippen LogP contribution in [0.5, 0.6) is 5.75 Å². The third-order valence-corrected chi connectivity index (χ3v) is 4.84. The number of nitrogens with one attached hydrogen (secondary N) is 1. The van der Waals surface area contributed by atoms with Gasteiger partial charge in [-0.25, -0.2) is 9.59 Å². The predicted octanol–water partition coefficient (Wildman–Crippen LogP) is 5.82. The topological polar surface area (TPSA) is 73.9 Å². The Kier molecular flexibility index (Phi) is 9.32. The van der Waals surface area contributed by atoms with Crippen molar-refractivity contribution in [1.29, 1.82) is 0 Å². The van der Waals surface area contributed by atoms with E-state index in [9.17, 15) is 9.59 Å². The van der Waals surface area contributed by atoms with Crippen LogP contribution in [-0.4, -0.2) is 29.3 Å². The molecule has 0 radical (unpaired) electrons. The fourth-order valence-corrected chi connectivity index (χ4v) is 3.22. The van der Waals surface area contributed by atoms with Crippen molar-refractivity contribution in [3.05, 3.63) is 65.7 Å². The molecule has 6 nitrogen and oxygen atoms in total. The molecule has 0 heterocycles. The Balaban J connectivity index is 1.92. The van der Waals surface area contributed by atoms with E-state index in [1.54, 1.807) is 13.8 Å². The molecule has 0 saturated carbocycles. The van der Waals surface area contributed by atoms with Gasteiger partial charge in [0.25, 0.3) is 0 Å². The van der Waals surface area contributed by atoms with Gasteiger partial charge in [0.05, 0.1) is 0 Å². The van der Waals surface area contributed by atoms with Crippen molar-refractivity contribution in [1.82, 2.24) is 5.32 Å². The summed E-state index contributed by atoms with van der Waals surface area (Å²) in [5, 5.41) is 2.97. The lowest BCUT2D eigenvalue weighted by Crippen LogP contribution is -2.43. The molecule has 0 aliphatic heterocycles. The van der Waals surface area contributed by atoms with E-state index in [4.69, 9.17) is 14.2 Å². The molecule has 1 amide bonds. The average Bonchev–Trinajstić information content (AvgIpc) is 2.73. The summed E-state index contributed by atoms with van der Waals surface area (Å²) in [5.74, 6) is 0.164. The van der Waals surface area contributed by atoms with Crippen LogP contribution in [0.25, 0.3) is 0 Å². The molecule has 180 valence electrons. The third-order valence-electron chi connectivity index (χ3n) is 4.84. The highest BCUT2D eigenvalue weighted by Crippen LogP contribution is 2.23. The van der Waals surface area contributed by atoms with Gasteiger partial charge in [-0.05, 0) is 70.7 Å². The summed E-state index contributed by atoms with van der Waals surface area (Å²) >= 11 is 0.